The maximum absolute atomic E-state index is 13.9. The van der Waals surface area contributed by atoms with Gasteiger partial charge in [0.2, 0.25) is 6.41 Å². The average Bonchev–Trinajstić information content (AvgIpc) is 3.47. The minimum atomic E-state index is -0.965. The van der Waals surface area contributed by atoms with Crippen molar-refractivity contribution in [3.63, 3.8) is 0 Å². The van der Waals surface area contributed by atoms with Crippen LogP contribution in [0.5, 0.6) is 0 Å². The summed E-state index contributed by atoms with van der Waals surface area (Å²) in [6.07, 6.45) is 5.64. The highest BCUT2D eigenvalue weighted by atomic mass is 16.5. The third kappa shape index (κ3) is 5.16. The number of hydroxylamine groups is 2. The van der Waals surface area contributed by atoms with Gasteiger partial charge in [-0.3, -0.25) is 14.8 Å². The number of hydrogen-bond acceptors (Lipinski definition) is 5. The molecule has 9 nitrogen and oxygen atoms in total. The molecular formula is C23H33N4O5+. The summed E-state index contributed by atoms with van der Waals surface area (Å²) in [5, 5.41) is 13.1. The molecule has 1 aromatic carbocycles. The SMILES string of the molecule is NC(=O)[C@@H]1CCC[N+]1(C(=O)NCc1ccccc1)C(=O)[C@H](CC1CCCC1)CN(O)C=O. The highest BCUT2D eigenvalue weighted by molar-refractivity contribution is 5.91. The van der Waals surface area contributed by atoms with Gasteiger partial charge in [-0.1, -0.05) is 56.0 Å². The molecule has 4 N–H and O–H groups in total. The molecule has 1 aliphatic heterocycles. The molecule has 0 bridgehead atoms. The lowest BCUT2D eigenvalue weighted by atomic mass is 9.90. The van der Waals surface area contributed by atoms with E-state index >= 15 is 0 Å². The lowest BCUT2D eigenvalue weighted by Gasteiger charge is -2.36. The Kier molecular flexibility index (Phi) is 7.98. The predicted molar refractivity (Wildman–Crippen MR) is 116 cm³/mol. The van der Waals surface area contributed by atoms with Crippen LogP contribution in [0.15, 0.2) is 30.3 Å². The molecule has 174 valence electrons. The molecule has 1 aliphatic carbocycles. The fourth-order valence-corrected chi connectivity index (χ4v) is 5.29. The van der Waals surface area contributed by atoms with E-state index < -0.39 is 34.3 Å². The zero-order valence-electron chi connectivity index (χ0n) is 18.3. The maximum atomic E-state index is 13.9. The topological polar surface area (TPSA) is 130 Å². The number of urea groups is 1. The van der Waals surface area contributed by atoms with Gasteiger partial charge in [-0.25, -0.2) is 14.7 Å². The van der Waals surface area contributed by atoms with Crippen molar-refractivity contribution < 1.29 is 28.9 Å². The molecule has 0 aromatic heterocycles. The minimum absolute atomic E-state index is 0.167. The Hall–Kier alpha value is -2.78. The quantitative estimate of drug-likeness (QED) is 0.231. The van der Waals surface area contributed by atoms with Crippen LogP contribution < -0.4 is 11.1 Å². The molecule has 1 unspecified atom stereocenters. The zero-order chi connectivity index (χ0) is 23.1. The van der Waals surface area contributed by atoms with Gasteiger partial charge in [0.15, 0.2) is 6.04 Å². The first kappa shape index (κ1) is 23.9. The van der Waals surface area contributed by atoms with E-state index in [9.17, 15) is 24.4 Å². The van der Waals surface area contributed by atoms with E-state index in [0.29, 0.717) is 24.3 Å². The van der Waals surface area contributed by atoms with Crippen molar-refractivity contribution in [2.24, 2.45) is 17.6 Å². The number of amides is 5. The van der Waals surface area contributed by atoms with Crippen LogP contribution in [0.3, 0.4) is 0 Å². The van der Waals surface area contributed by atoms with Crippen molar-refractivity contribution in [2.75, 3.05) is 13.1 Å². The maximum Gasteiger partial charge on any atom is 0.424 e. The summed E-state index contributed by atoms with van der Waals surface area (Å²) in [6.45, 7) is 0.170. The number of nitrogens with two attached hydrogens (primary N) is 1. The van der Waals surface area contributed by atoms with Gasteiger partial charge >= 0.3 is 11.9 Å². The number of imide groups is 1. The van der Waals surface area contributed by atoms with Crippen molar-refractivity contribution >= 4 is 24.3 Å². The number of benzene rings is 1. The van der Waals surface area contributed by atoms with Gasteiger partial charge in [-0.15, -0.1) is 0 Å². The number of carbonyl (C=O) groups is 4. The molecule has 5 amide bonds. The number of nitrogens with one attached hydrogen (secondary N) is 1. The molecule has 1 aromatic rings. The number of quaternary nitrogens is 1. The van der Waals surface area contributed by atoms with E-state index in [1.54, 1.807) is 0 Å². The molecule has 3 rings (SSSR count). The summed E-state index contributed by atoms with van der Waals surface area (Å²) >= 11 is 0. The summed E-state index contributed by atoms with van der Waals surface area (Å²) in [6, 6.07) is 7.77. The average molecular weight is 446 g/mol. The van der Waals surface area contributed by atoms with Crippen molar-refractivity contribution in [2.45, 2.75) is 57.5 Å². The first-order valence-electron chi connectivity index (χ1n) is 11.3. The number of likely N-dealkylation sites (tertiary alicyclic amines) is 1. The second-order valence-corrected chi connectivity index (χ2v) is 8.95. The molecular weight excluding hydrogens is 412 g/mol. The number of primary amides is 1. The van der Waals surface area contributed by atoms with Gasteiger partial charge in [0.05, 0.1) is 19.0 Å². The zero-order valence-corrected chi connectivity index (χ0v) is 18.3. The van der Waals surface area contributed by atoms with Gasteiger partial charge < -0.3 is 11.1 Å². The Morgan fingerprint density at radius 1 is 1.16 bits per heavy atom. The standard InChI is InChI=1S/C23H32N4O5/c24-21(29)20-11-6-12-27(20,23(31)25-14-18-9-2-1-3-10-18)22(30)19(15-26(32)16-28)13-17-7-4-5-8-17/h1-3,9-10,16-17,19-20,32H,4-8,11-15H2,(H2-,24,25,29,31)/p+1/t19-,20+,27?/m1/s1. The van der Waals surface area contributed by atoms with Crippen LogP contribution in [0.25, 0.3) is 0 Å². The minimum Gasteiger partial charge on any atom is -0.364 e. The smallest absolute Gasteiger partial charge is 0.364 e. The molecule has 3 atom stereocenters. The van der Waals surface area contributed by atoms with Crippen molar-refractivity contribution in [3.05, 3.63) is 35.9 Å². The van der Waals surface area contributed by atoms with Crippen molar-refractivity contribution in [3.8, 4) is 0 Å². The second kappa shape index (κ2) is 10.7. The third-order valence-electron chi connectivity index (χ3n) is 6.86. The summed E-state index contributed by atoms with van der Waals surface area (Å²) in [5.74, 6) is -1.63. The molecule has 32 heavy (non-hydrogen) atoms. The highest BCUT2D eigenvalue weighted by Gasteiger charge is 2.58. The van der Waals surface area contributed by atoms with Gasteiger partial charge in [-0.05, 0) is 17.9 Å². The Balaban J connectivity index is 1.89. The summed E-state index contributed by atoms with van der Waals surface area (Å²) < 4.78 is -0.702. The van der Waals surface area contributed by atoms with Crippen LogP contribution >= 0.6 is 0 Å². The first-order chi connectivity index (χ1) is 15.4. The fourth-order valence-electron chi connectivity index (χ4n) is 5.29. The molecule has 9 heteroatoms. The Bertz CT molecular complexity index is 827. The second-order valence-electron chi connectivity index (χ2n) is 8.95. The van der Waals surface area contributed by atoms with Crippen molar-refractivity contribution in [1.82, 2.24) is 10.4 Å². The van der Waals surface area contributed by atoms with Gasteiger partial charge in [-0.2, -0.15) is 4.48 Å². The largest absolute Gasteiger partial charge is 0.424 e. The fraction of sp³-hybridized carbons (Fsp3) is 0.565. The molecule has 2 aliphatic rings. The third-order valence-corrected chi connectivity index (χ3v) is 6.86. The Morgan fingerprint density at radius 3 is 2.47 bits per heavy atom. The molecule has 1 saturated heterocycles. The Labute approximate surface area is 188 Å². The lowest BCUT2D eigenvalue weighted by molar-refractivity contribution is -0.779. The van der Waals surface area contributed by atoms with E-state index in [-0.39, 0.29) is 32.0 Å². The van der Waals surface area contributed by atoms with Crippen LogP contribution in [0.1, 0.15) is 50.5 Å². The molecule has 0 spiro atoms. The lowest BCUT2D eigenvalue weighted by Crippen LogP contribution is -2.68. The van der Waals surface area contributed by atoms with Gasteiger partial charge in [0, 0.05) is 19.4 Å². The van der Waals surface area contributed by atoms with Crippen LogP contribution in [0, 0.1) is 11.8 Å². The van der Waals surface area contributed by atoms with Gasteiger partial charge in [0.25, 0.3) is 5.91 Å². The Morgan fingerprint density at radius 2 is 1.84 bits per heavy atom. The van der Waals surface area contributed by atoms with E-state index in [2.05, 4.69) is 5.32 Å². The monoisotopic (exact) mass is 445 g/mol. The predicted octanol–water partition coefficient (Wildman–Crippen LogP) is 1.93. The number of nitrogens with zero attached hydrogens (tertiary/aromatic N) is 2. The first-order valence-corrected chi connectivity index (χ1v) is 11.3. The highest BCUT2D eigenvalue weighted by Crippen LogP contribution is 2.36. The van der Waals surface area contributed by atoms with E-state index in [1.807, 2.05) is 30.3 Å². The molecule has 1 saturated carbocycles. The summed E-state index contributed by atoms with van der Waals surface area (Å²) in [7, 11) is 0. The van der Waals surface area contributed by atoms with E-state index in [1.165, 1.54) is 0 Å². The van der Waals surface area contributed by atoms with Crippen LogP contribution in [0.4, 0.5) is 4.79 Å². The summed E-state index contributed by atoms with van der Waals surface area (Å²) in [5.41, 5.74) is 6.51. The number of carbonyl (C=O) groups excluding carboxylic acids is 4. The summed E-state index contributed by atoms with van der Waals surface area (Å²) in [4.78, 5) is 50.8. The van der Waals surface area contributed by atoms with Gasteiger partial charge in [0.1, 0.15) is 0 Å². The number of rotatable bonds is 9. The number of hydrogen-bond donors (Lipinski definition) is 3. The van der Waals surface area contributed by atoms with Crippen molar-refractivity contribution in [1.29, 1.82) is 0 Å². The molecule has 0 radical (unpaired) electrons. The normalized spacial score (nSPS) is 24.1. The van der Waals surface area contributed by atoms with Crippen LogP contribution in [0.2, 0.25) is 0 Å². The molecule has 1 heterocycles. The van der Waals surface area contributed by atoms with E-state index in [0.717, 1.165) is 31.2 Å². The van der Waals surface area contributed by atoms with E-state index in [4.69, 9.17) is 5.73 Å². The molecule has 2 fully saturated rings. The van der Waals surface area contributed by atoms with Crippen LogP contribution in [-0.4, -0.2) is 58.1 Å². The van der Waals surface area contributed by atoms with Crippen LogP contribution in [-0.2, 0) is 20.9 Å².